The molecule has 2 aliphatic heterocycles. The number of nitrogens with zero attached hydrogens (tertiary/aromatic N) is 1. The average molecular weight is 398 g/mol. The summed E-state index contributed by atoms with van der Waals surface area (Å²) in [6.45, 7) is 7.13. The van der Waals surface area contributed by atoms with Crippen molar-refractivity contribution in [1.82, 2.24) is 10.2 Å². The van der Waals surface area contributed by atoms with E-state index in [1.165, 1.54) is 0 Å². The lowest BCUT2D eigenvalue weighted by atomic mass is 10.1. The lowest BCUT2D eigenvalue weighted by molar-refractivity contribution is -0.123. The summed E-state index contributed by atoms with van der Waals surface area (Å²) in [5, 5.41) is 3.07. The molecule has 0 spiro atoms. The minimum Gasteiger partial charge on any atom is -0.486 e. The van der Waals surface area contributed by atoms with Crippen LogP contribution < -0.4 is 24.3 Å². The van der Waals surface area contributed by atoms with Crippen molar-refractivity contribution in [3.8, 4) is 23.0 Å². The predicted octanol–water partition coefficient (Wildman–Crippen LogP) is 2.89. The molecule has 29 heavy (non-hydrogen) atoms. The first-order chi connectivity index (χ1) is 14.1. The third-order valence-corrected chi connectivity index (χ3v) is 5.10. The van der Waals surface area contributed by atoms with Crippen LogP contribution in [0.15, 0.2) is 36.4 Å². The van der Waals surface area contributed by atoms with Crippen molar-refractivity contribution in [3.63, 3.8) is 0 Å². The number of fused-ring (bicyclic) bond motifs is 2. The summed E-state index contributed by atoms with van der Waals surface area (Å²) < 4.78 is 22.0. The van der Waals surface area contributed by atoms with Gasteiger partial charge in [-0.1, -0.05) is 19.1 Å². The van der Waals surface area contributed by atoms with E-state index in [0.717, 1.165) is 40.7 Å². The molecule has 0 saturated carbocycles. The molecule has 1 unspecified atom stereocenters. The van der Waals surface area contributed by atoms with Crippen LogP contribution in [0, 0.1) is 0 Å². The Bertz CT molecular complexity index is 886. The van der Waals surface area contributed by atoms with Crippen LogP contribution >= 0.6 is 0 Å². The summed E-state index contributed by atoms with van der Waals surface area (Å²) in [6, 6.07) is 11.6. The second kappa shape index (κ2) is 8.61. The van der Waals surface area contributed by atoms with Gasteiger partial charge in [0.15, 0.2) is 23.0 Å². The van der Waals surface area contributed by atoms with E-state index in [2.05, 4.69) is 10.2 Å². The Labute approximate surface area is 170 Å². The predicted molar refractivity (Wildman–Crippen MR) is 108 cm³/mol. The second-order valence-corrected chi connectivity index (χ2v) is 7.18. The molecule has 0 aromatic heterocycles. The van der Waals surface area contributed by atoms with Gasteiger partial charge in [0.1, 0.15) is 13.2 Å². The van der Waals surface area contributed by atoms with Gasteiger partial charge in [0, 0.05) is 6.54 Å². The monoisotopic (exact) mass is 398 g/mol. The number of rotatable bonds is 7. The van der Waals surface area contributed by atoms with Gasteiger partial charge in [-0.2, -0.15) is 0 Å². The molecule has 1 amide bonds. The fourth-order valence-corrected chi connectivity index (χ4v) is 3.48. The molecule has 0 aliphatic carbocycles. The van der Waals surface area contributed by atoms with Crippen molar-refractivity contribution in [2.45, 2.75) is 26.4 Å². The van der Waals surface area contributed by atoms with Gasteiger partial charge in [-0.25, -0.2) is 0 Å². The topological polar surface area (TPSA) is 69.3 Å². The highest BCUT2D eigenvalue weighted by Gasteiger charge is 2.18. The van der Waals surface area contributed by atoms with Crippen LogP contribution in [-0.4, -0.2) is 43.9 Å². The van der Waals surface area contributed by atoms with E-state index in [1.807, 2.05) is 50.2 Å². The Morgan fingerprint density at radius 3 is 2.52 bits per heavy atom. The SMILES string of the molecule is CCN(CC(=O)NC(C)c1ccc2c(c1)OCCO2)Cc1ccc2c(c1)OCO2. The summed E-state index contributed by atoms with van der Waals surface area (Å²) in [5.74, 6) is 2.99. The molecular formula is C22H26N2O5. The first-order valence-corrected chi connectivity index (χ1v) is 9.92. The number of hydrogen-bond donors (Lipinski definition) is 1. The van der Waals surface area contributed by atoms with Gasteiger partial charge in [0.25, 0.3) is 0 Å². The Balaban J connectivity index is 1.34. The van der Waals surface area contributed by atoms with E-state index < -0.39 is 0 Å². The molecule has 0 fully saturated rings. The second-order valence-electron chi connectivity index (χ2n) is 7.18. The van der Waals surface area contributed by atoms with Crippen molar-refractivity contribution >= 4 is 5.91 Å². The molecule has 2 aliphatic rings. The van der Waals surface area contributed by atoms with E-state index in [4.69, 9.17) is 18.9 Å². The molecule has 7 heteroatoms. The third-order valence-electron chi connectivity index (χ3n) is 5.10. The van der Waals surface area contributed by atoms with Crippen LogP contribution in [-0.2, 0) is 11.3 Å². The lowest BCUT2D eigenvalue weighted by Gasteiger charge is -2.23. The van der Waals surface area contributed by atoms with E-state index in [9.17, 15) is 4.79 Å². The van der Waals surface area contributed by atoms with Crippen molar-refractivity contribution in [2.24, 2.45) is 0 Å². The molecule has 1 N–H and O–H groups in total. The molecule has 2 heterocycles. The zero-order valence-electron chi connectivity index (χ0n) is 16.8. The summed E-state index contributed by atoms with van der Waals surface area (Å²) in [5.41, 5.74) is 2.07. The van der Waals surface area contributed by atoms with Gasteiger partial charge >= 0.3 is 0 Å². The molecule has 154 valence electrons. The van der Waals surface area contributed by atoms with E-state index in [-0.39, 0.29) is 18.7 Å². The molecule has 0 radical (unpaired) electrons. The maximum Gasteiger partial charge on any atom is 0.234 e. The van der Waals surface area contributed by atoms with E-state index in [1.54, 1.807) is 0 Å². The maximum absolute atomic E-state index is 12.6. The largest absolute Gasteiger partial charge is 0.486 e. The molecular weight excluding hydrogens is 372 g/mol. The van der Waals surface area contributed by atoms with Crippen molar-refractivity contribution in [1.29, 1.82) is 0 Å². The summed E-state index contributed by atoms with van der Waals surface area (Å²) in [7, 11) is 0. The van der Waals surface area contributed by atoms with E-state index >= 15 is 0 Å². The number of ether oxygens (including phenoxy) is 4. The highest BCUT2D eigenvalue weighted by molar-refractivity contribution is 5.78. The highest BCUT2D eigenvalue weighted by Crippen LogP contribution is 2.33. The minimum absolute atomic E-state index is 0.0185. The molecule has 0 bridgehead atoms. The summed E-state index contributed by atoms with van der Waals surface area (Å²) >= 11 is 0. The zero-order valence-corrected chi connectivity index (χ0v) is 16.8. The molecule has 7 nitrogen and oxygen atoms in total. The molecule has 1 atom stereocenters. The molecule has 4 rings (SSSR count). The zero-order chi connectivity index (χ0) is 20.2. The molecule has 2 aromatic carbocycles. The fourth-order valence-electron chi connectivity index (χ4n) is 3.48. The third kappa shape index (κ3) is 4.56. The van der Waals surface area contributed by atoms with Crippen molar-refractivity contribution in [3.05, 3.63) is 47.5 Å². The molecule has 0 saturated heterocycles. The Hall–Kier alpha value is -2.93. The van der Waals surface area contributed by atoms with Crippen LogP contribution in [0.5, 0.6) is 23.0 Å². The fraction of sp³-hybridized carbons (Fsp3) is 0.409. The van der Waals surface area contributed by atoms with Gasteiger partial charge < -0.3 is 24.3 Å². The van der Waals surface area contributed by atoms with Crippen molar-refractivity contribution < 1.29 is 23.7 Å². The number of likely N-dealkylation sites (N-methyl/N-ethyl adjacent to an activating group) is 1. The van der Waals surface area contributed by atoms with Crippen LogP contribution in [0.1, 0.15) is 31.0 Å². The van der Waals surface area contributed by atoms with E-state index in [0.29, 0.717) is 26.3 Å². The van der Waals surface area contributed by atoms with Crippen LogP contribution in [0.4, 0.5) is 0 Å². The summed E-state index contributed by atoms with van der Waals surface area (Å²) in [4.78, 5) is 14.7. The first kappa shape index (κ1) is 19.4. The Kier molecular flexibility index (Phi) is 5.76. The highest BCUT2D eigenvalue weighted by atomic mass is 16.7. The van der Waals surface area contributed by atoms with Gasteiger partial charge in [0.05, 0.1) is 12.6 Å². The normalized spacial score (nSPS) is 15.3. The van der Waals surface area contributed by atoms with Crippen LogP contribution in [0.3, 0.4) is 0 Å². The quantitative estimate of drug-likeness (QED) is 0.774. The number of nitrogens with one attached hydrogen (secondary N) is 1. The maximum atomic E-state index is 12.6. The average Bonchev–Trinajstić information content (AvgIpc) is 3.20. The minimum atomic E-state index is -0.123. The first-order valence-electron chi connectivity index (χ1n) is 9.92. The van der Waals surface area contributed by atoms with Gasteiger partial charge in [-0.3, -0.25) is 9.69 Å². The van der Waals surface area contributed by atoms with Crippen molar-refractivity contribution in [2.75, 3.05) is 33.1 Å². The Morgan fingerprint density at radius 2 is 1.69 bits per heavy atom. The van der Waals surface area contributed by atoms with Gasteiger partial charge in [-0.15, -0.1) is 0 Å². The number of hydrogen-bond acceptors (Lipinski definition) is 6. The Morgan fingerprint density at radius 1 is 1.00 bits per heavy atom. The number of carbonyl (C=O) groups excluding carboxylic acids is 1. The lowest BCUT2D eigenvalue weighted by Crippen LogP contribution is -2.38. The number of benzene rings is 2. The summed E-state index contributed by atoms with van der Waals surface area (Å²) in [6.07, 6.45) is 0. The van der Waals surface area contributed by atoms with Gasteiger partial charge in [-0.05, 0) is 48.9 Å². The van der Waals surface area contributed by atoms with Gasteiger partial charge in [0.2, 0.25) is 12.7 Å². The number of carbonyl (C=O) groups is 1. The number of amides is 1. The van der Waals surface area contributed by atoms with Crippen LogP contribution in [0.2, 0.25) is 0 Å². The standard InChI is InChI=1S/C22H26N2O5/c1-3-24(12-16-4-6-19-20(10-16)29-14-28-19)13-22(25)23-15(2)17-5-7-18-21(11-17)27-9-8-26-18/h4-7,10-11,15H,3,8-9,12-14H2,1-2H3,(H,23,25). The van der Waals surface area contributed by atoms with Crippen LogP contribution in [0.25, 0.3) is 0 Å². The smallest absolute Gasteiger partial charge is 0.234 e. The molecule has 2 aromatic rings.